The highest BCUT2D eigenvalue weighted by Crippen LogP contribution is 2.24. The first-order valence-corrected chi connectivity index (χ1v) is 5.92. The Bertz CT molecular complexity index is 607. The van der Waals surface area contributed by atoms with E-state index in [2.05, 4.69) is 9.72 Å². The zero-order valence-corrected chi connectivity index (χ0v) is 11.1. The Hall–Kier alpha value is -2.17. The molecule has 0 amide bonds. The van der Waals surface area contributed by atoms with E-state index in [9.17, 15) is 9.18 Å². The van der Waals surface area contributed by atoms with Crippen LogP contribution in [-0.2, 0) is 4.74 Å². The summed E-state index contributed by atoms with van der Waals surface area (Å²) in [5.74, 6) is -1.54. The summed E-state index contributed by atoms with van der Waals surface area (Å²) in [6.07, 6.45) is 1.32. The molecule has 2 rings (SSSR count). The van der Waals surface area contributed by atoms with Crippen molar-refractivity contribution in [1.29, 1.82) is 0 Å². The fraction of sp³-hybridized carbons (Fsp3) is 0.286. The third kappa shape index (κ3) is 2.36. The molecule has 100 valence electrons. The van der Waals surface area contributed by atoms with E-state index in [4.69, 9.17) is 0 Å². The van der Waals surface area contributed by atoms with Crippen LogP contribution in [0.15, 0.2) is 30.6 Å². The van der Waals surface area contributed by atoms with Crippen molar-refractivity contribution >= 4 is 5.97 Å². The number of methoxy groups -OCH3 is 1. The van der Waals surface area contributed by atoms with Gasteiger partial charge in [-0.2, -0.15) is 4.39 Å². The van der Waals surface area contributed by atoms with Gasteiger partial charge in [-0.05, 0) is 25.0 Å². The maximum atomic E-state index is 13.6. The Morgan fingerprint density at radius 2 is 2.11 bits per heavy atom. The zero-order chi connectivity index (χ0) is 14.0. The van der Waals surface area contributed by atoms with Gasteiger partial charge in [0, 0.05) is 0 Å². The molecule has 0 saturated carbocycles. The average Bonchev–Trinajstić information content (AvgIpc) is 2.79. The number of imidazole rings is 1. The van der Waals surface area contributed by atoms with Crippen molar-refractivity contribution in [3.8, 4) is 0 Å². The molecular formula is C14H15FN2O2. The van der Waals surface area contributed by atoms with Crippen molar-refractivity contribution < 1.29 is 13.9 Å². The lowest BCUT2D eigenvalue weighted by Crippen LogP contribution is -2.16. The van der Waals surface area contributed by atoms with E-state index in [1.165, 1.54) is 18.0 Å². The fourth-order valence-corrected chi connectivity index (χ4v) is 2.12. The monoisotopic (exact) mass is 262 g/mol. The van der Waals surface area contributed by atoms with E-state index in [0.29, 0.717) is 0 Å². The van der Waals surface area contributed by atoms with Crippen molar-refractivity contribution in [2.75, 3.05) is 7.11 Å². The second-order valence-corrected chi connectivity index (χ2v) is 4.32. The molecular weight excluding hydrogens is 247 g/mol. The van der Waals surface area contributed by atoms with Gasteiger partial charge < -0.3 is 9.30 Å². The highest BCUT2D eigenvalue weighted by atomic mass is 19.1. The molecule has 5 heteroatoms. The van der Waals surface area contributed by atoms with Crippen LogP contribution < -0.4 is 0 Å². The summed E-state index contributed by atoms with van der Waals surface area (Å²) in [5, 5.41) is 0. The molecule has 0 fully saturated rings. The number of nitrogens with zero attached hydrogens (tertiary/aromatic N) is 2. The molecule has 19 heavy (non-hydrogen) atoms. The topological polar surface area (TPSA) is 44.1 Å². The fourth-order valence-electron chi connectivity index (χ4n) is 2.12. The lowest BCUT2D eigenvalue weighted by molar-refractivity contribution is 0.0581. The van der Waals surface area contributed by atoms with E-state index in [-0.39, 0.29) is 11.7 Å². The number of hydrogen-bond donors (Lipinski definition) is 0. The predicted molar refractivity (Wildman–Crippen MR) is 68.5 cm³/mol. The first-order chi connectivity index (χ1) is 9.06. The number of carbonyl (C=O) groups excluding carboxylic acids is 1. The molecule has 1 atom stereocenters. The van der Waals surface area contributed by atoms with Gasteiger partial charge in [0.25, 0.3) is 0 Å². The number of hydrogen-bond acceptors (Lipinski definition) is 3. The van der Waals surface area contributed by atoms with Crippen LogP contribution in [0.3, 0.4) is 0 Å². The van der Waals surface area contributed by atoms with Crippen LogP contribution in [0, 0.1) is 12.9 Å². The summed E-state index contributed by atoms with van der Waals surface area (Å²) in [5.41, 5.74) is 1.92. The lowest BCUT2D eigenvalue weighted by atomic mass is 10.0. The van der Waals surface area contributed by atoms with Crippen LogP contribution >= 0.6 is 0 Å². The standard InChI is InChI=1S/C14H15FN2O2/c1-9-6-4-5-7-11(9)10(2)17-8-16-13(15)12(17)14(18)19-3/h4-8,10H,1-3H3/t10-/m1/s1. The number of ether oxygens (including phenoxy) is 1. The third-order valence-electron chi connectivity index (χ3n) is 3.18. The van der Waals surface area contributed by atoms with Gasteiger partial charge in [0.2, 0.25) is 5.95 Å². The van der Waals surface area contributed by atoms with Gasteiger partial charge in [-0.25, -0.2) is 9.78 Å². The van der Waals surface area contributed by atoms with Gasteiger partial charge in [-0.3, -0.25) is 0 Å². The predicted octanol–water partition coefficient (Wildman–Crippen LogP) is 2.73. The van der Waals surface area contributed by atoms with Crippen molar-refractivity contribution in [2.45, 2.75) is 19.9 Å². The van der Waals surface area contributed by atoms with E-state index >= 15 is 0 Å². The first-order valence-electron chi connectivity index (χ1n) is 5.92. The maximum Gasteiger partial charge on any atom is 0.359 e. The highest BCUT2D eigenvalue weighted by molar-refractivity contribution is 5.87. The number of aromatic nitrogens is 2. The molecule has 0 spiro atoms. The number of aryl methyl sites for hydroxylation is 1. The second kappa shape index (κ2) is 5.22. The summed E-state index contributed by atoms with van der Waals surface area (Å²) in [7, 11) is 1.22. The van der Waals surface area contributed by atoms with Gasteiger partial charge in [0.15, 0.2) is 5.69 Å². The largest absolute Gasteiger partial charge is 0.464 e. The van der Waals surface area contributed by atoms with Crippen molar-refractivity contribution in [3.63, 3.8) is 0 Å². The van der Waals surface area contributed by atoms with Crippen LogP contribution in [0.4, 0.5) is 4.39 Å². The van der Waals surface area contributed by atoms with E-state index in [1.54, 1.807) is 0 Å². The van der Waals surface area contributed by atoms with Gasteiger partial charge in [-0.1, -0.05) is 24.3 Å². The van der Waals surface area contributed by atoms with Crippen LogP contribution in [0.25, 0.3) is 0 Å². The molecule has 0 unspecified atom stereocenters. The molecule has 4 nitrogen and oxygen atoms in total. The van der Waals surface area contributed by atoms with E-state index in [0.717, 1.165) is 11.1 Å². The molecule has 0 aliphatic rings. The summed E-state index contributed by atoms with van der Waals surface area (Å²) >= 11 is 0. The minimum absolute atomic E-state index is 0.154. The zero-order valence-electron chi connectivity index (χ0n) is 11.1. The SMILES string of the molecule is COC(=O)c1c(F)ncn1[C@H](C)c1ccccc1C. The highest BCUT2D eigenvalue weighted by Gasteiger charge is 2.23. The van der Waals surface area contributed by atoms with Crippen molar-refractivity contribution in [2.24, 2.45) is 0 Å². The van der Waals surface area contributed by atoms with E-state index in [1.807, 2.05) is 38.1 Å². The normalized spacial score (nSPS) is 12.2. The first kappa shape index (κ1) is 13.3. The van der Waals surface area contributed by atoms with Gasteiger partial charge in [-0.15, -0.1) is 0 Å². The third-order valence-corrected chi connectivity index (χ3v) is 3.18. The molecule has 1 aromatic carbocycles. The molecule has 0 radical (unpaired) electrons. The van der Waals surface area contributed by atoms with Crippen LogP contribution in [0.2, 0.25) is 0 Å². The lowest BCUT2D eigenvalue weighted by Gasteiger charge is -2.18. The van der Waals surface area contributed by atoms with Gasteiger partial charge in [0.05, 0.1) is 19.5 Å². The number of rotatable bonds is 3. The van der Waals surface area contributed by atoms with Crippen LogP contribution in [0.5, 0.6) is 0 Å². The Labute approximate surface area is 110 Å². The number of benzene rings is 1. The van der Waals surface area contributed by atoms with Crippen LogP contribution in [-0.4, -0.2) is 22.6 Å². The quantitative estimate of drug-likeness (QED) is 0.799. The van der Waals surface area contributed by atoms with Crippen molar-refractivity contribution in [3.05, 3.63) is 53.4 Å². The number of halogens is 1. The molecule has 0 N–H and O–H groups in total. The molecule has 0 bridgehead atoms. The molecule has 2 aromatic rings. The molecule has 0 saturated heterocycles. The Morgan fingerprint density at radius 3 is 2.74 bits per heavy atom. The van der Waals surface area contributed by atoms with Crippen LogP contribution in [0.1, 0.15) is 34.6 Å². The Kier molecular flexibility index (Phi) is 3.64. The van der Waals surface area contributed by atoms with Gasteiger partial charge in [0.1, 0.15) is 0 Å². The summed E-state index contributed by atoms with van der Waals surface area (Å²) in [6, 6.07) is 7.55. The summed E-state index contributed by atoms with van der Waals surface area (Å²) < 4.78 is 19.7. The minimum Gasteiger partial charge on any atom is -0.464 e. The second-order valence-electron chi connectivity index (χ2n) is 4.32. The maximum absolute atomic E-state index is 13.6. The molecule has 1 aromatic heterocycles. The summed E-state index contributed by atoms with van der Waals surface area (Å²) in [4.78, 5) is 15.2. The van der Waals surface area contributed by atoms with Gasteiger partial charge >= 0.3 is 5.97 Å². The van der Waals surface area contributed by atoms with Crippen molar-refractivity contribution in [1.82, 2.24) is 9.55 Å². The number of esters is 1. The smallest absolute Gasteiger partial charge is 0.359 e. The average molecular weight is 262 g/mol. The minimum atomic E-state index is -0.813. The number of carbonyl (C=O) groups is 1. The molecule has 0 aliphatic carbocycles. The summed E-state index contributed by atoms with van der Waals surface area (Å²) in [6.45, 7) is 3.85. The van der Waals surface area contributed by atoms with E-state index < -0.39 is 11.9 Å². The Balaban J connectivity index is 2.48. The molecule has 0 aliphatic heterocycles. The molecule has 1 heterocycles. The Morgan fingerprint density at radius 1 is 1.42 bits per heavy atom.